The van der Waals surface area contributed by atoms with Crippen LogP contribution in [0, 0.1) is 0 Å². The van der Waals surface area contributed by atoms with Crippen LogP contribution in [0.15, 0.2) is 4.99 Å². The average Bonchev–Trinajstić information content (AvgIpc) is 2.29. The molecule has 0 aliphatic rings. The summed E-state index contributed by atoms with van der Waals surface area (Å²) in [4.78, 5) is 34.7. The molecule has 17 heavy (non-hydrogen) atoms. The van der Waals surface area contributed by atoms with Crippen molar-refractivity contribution in [2.45, 2.75) is 6.92 Å². The van der Waals surface area contributed by atoms with Crippen molar-refractivity contribution >= 4 is 18.0 Å². The number of isocyanates is 1. The minimum Gasteiger partial charge on any atom is -0.370 e. The number of urea groups is 1. The molecule has 0 spiro atoms. The molecule has 0 aromatic rings. The number of ether oxygens (including phenoxy) is 1. The van der Waals surface area contributed by atoms with E-state index in [0.717, 1.165) is 0 Å². The van der Waals surface area contributed by atoms with Gasteiger partial charge in [-0.3, -0.25) is 4.79 Å². The van der Waals surface area contributed by atoms with Crippen LogP contribution in [0.25, 0.3) is 0 Å². The Morgan fingerprint density at radius 3 is 2.71 bits per heavy atom. The summed E-state index contributed by atoms with van der Waals surface area (Å²) in [6.07, 6.45) is 1.29. The summed E-state index contributed by atoms with van der Waals surface area (Å²) in [5, 5.41) is 7.31. The van der Waals surface area contributed by atoms with E-state index in [4.69, 9.17) is 4.74 Å². The summed E-state index contributed by atoms with van der Waals surface area (Å²) < 4.78 is 4.98. The van der Waals surface area contributed by atoms with E-state index >= 15 is 0 Å². The minimum atomic E-state index is -0.467. The van der Waals surface area contributed by atoms with Gasteiger partial charge >= 0.3 is 6.03 Å². The molecular formula is C9H16N4O4. The molecule has 0 aliphatic heterocycles. The molecule has 0 aliphatic carbocycles. The van der Waals surface area contributed by atoms with Crippen molar-refractivity contribution in [3.63, 3.8) is 0 Å². The number of nitrogens with one attached hydrogen (secondary N) is 3. The van der Waals surface area contributed by atoms with Gasteiger partial charge in [-0.05, 0) is 6.92 Å². The van der Waals surface area contributed by atoms with E-state index in [1.807, 2.05) is 6.92 Å². The molecule has 0 radical (unpaired) electrons. The van der Waals surface area contributed by atoms with Crippen LogP contribution in [0.1, 0.15) is 6.92 Å². The summed E-state index contributed by atoms with van der Waals surface area (Å²) in [6, 6.07) is -0.467. The Bertz CT molecular complexity index is 289. The summed E-state index contributed by atoms with van der Waals surface area (Å²) in [5.74, 6) is -0.197. The first-order chi connectivity index (χ1) is 8.20. The van der Waals surface area contributed by atoms with Gasteiger partial charge in [-0.15, -0.1) is 0 Å². The highest BCUT2D eigenvalue weighted by Gasteiger charge is 2.00. The van der Waals surface area contributed by atoms with Crippen LogP contribution in [-0.4, -0.2) is 51.0 Å². The zero-order valence-corrected chi connectivity index (χ0v) is 9.62. The Morgan fingerprint density at radius 1 is 1.29 bits per heavy atom. The Balaban J connectivity index is 3.35. The predicted octanol–water partition coefficient (Wildman–Crippen LogP) is -1.27. The van der Waals surface area contributed by atoms with Gasteiger partial charge in [0.2, 0.25) is 12.0 Å². The Labute approximate surface area is 98.8 Å². The number of likely N-dealkylation sites (N-methyl/N-ethyl adjacent to an activating group) is 1. The van der Waals surface area contributed by atoms with Crippen LogP contribution in [0.5, 0.6) is 0 Å². The molecule has 8 nitrogen and oxygen atoms in total. The average molecular weight is 244 g/mol. The molecule has 0 bridgehead atoms. The predicted molar refractivity (Wildman–Crippen MR) is 59.0 cm³/mol. The molecule has 3 amide bonds. The fourth-order valence-electron chi connectivity index (χ4n) is 0.856. The van der Waals surface area contributed by atoms with Gasteiger partial charge in [-0.1, -0.05) is 0 Å². The van der Waals surface area contributed by atoms with Crippen molar-refractivity contribution < 1.29 is 19.1 Å². The quantitative estimate of drug-likeness (QED) is 0.281. The number of hydrogen-bond donors (Lipinski definition) is 3. The van der Waals surface area contributed by atoms with E-state index < -0.39 is 6.03 Å². The number of hydrogen-bond acceptors (Lipinski definition) is 5. The topological polar surface area (TPSA) is 109 Å². The highest BCUT2D eigenvalue weighted by Crippen LogP contribution is 1.75. The summed E-state index contributed by atoms with van der Waals surface area (Å²) in [6.45, 7) is 2.70. The maximum Gasteiger partial charge on any atom is 0.316 e. The van der Waals surface area contributed by atoms with Gasteiger partial charge in [0.25, 0.3) is 0 Å². The largest absolute Gasteiger partial charge is 0.370 e. The molecular weight excluding hydrogens is 228 g/mol. The van der Waals surface area contributed by atoms with Crippen molar-refractivity contribution in [2.24, 2.45) is 4.99 Å². The second-order valence-corrected chi connectivity index (χ2v) is 2.85. The minimum absolute atomic E-state index is 0.0351. The third kappa shape index (κ3) is 10.4. The smallest absolute Gasteiger partial charge is 0.316 e. The molecule has 0 saturated carbocycles. The zero-order chi connectivity index (χ0) is 12.9. The van der Waals surface area contributed by atoms with Gasteiger partial charge in [-0.2, -0.15) is 4.99 Å². The Morgan fingerprint density at radius 2 is 2.06 bits per heavy atom. The van der Waals surface area contributed by atoms with E-state index in [1.54, 1.807) is 0 Å². The normalized spacial score (nSPS) is 9.00. The van der Waals surface area contributed by atoms with E-state index in [1.165, 1.54) is 6.08 Å². The van der Waals surface area contributed by atoms with E-state index in [0.29, 0.717) is 6.54 Å². The fourth-order valence-corrected chi connectivity index (χ4v) is 0.856. The standard InChI is InChI=1S/C9H16N4O4/c1-2-11-8(15)5-17-4-3-12-9(16)13-6-10-7-14/h2-6H2,1H3,(H,11,15)(H2,12,13,16). The van der Waals surface area contributed by atoms with Crippen LogP contribution in [0.4, 0.5) is 4.79 Å². The molecule has 0 aromatic heterocycles. The van der Waals surface area contributed by atoms with Crippen molar-refractivity contribution in [1.29, 1.82) is 0 Å². The van der Waals surface area contributed by atoms with Crippen LogP contribution in [-0.2, 0) is 14.3 Å². The fraction of sp³-hybridized carbons (Fsp3) is 0.667. The molecule has 0 atom stereocenters. The zero-order valence-electron chi connectivity index (χ0n) is 9.62. The first-order valence-corrected chi connectivity index (χ1v) is 5.10. The van der Waals surface area contributed by atoms with Gasteiger partial charge < -0.3 is 20.7 Å². The molecule has 0 unspecified atom stereocenters. The van der Waals surface area contributed by atoms with E-state index in [-0.39, 0.29) is 32.3 Å². The monoisotopic (exact) mass is 244 g/mol. The number of nitrogens with zero attached hydrogens (tertiary/aromatic N) is 1. The maximum atomic E-state index is 11.0. The van der Waals surface area contributed by atoms with Gasteiger partial charge in [0.1, 0.15) is 13.3 Å². The van der Waals surface area contributed by atoms with Gasteiger partial charge in [-0.25, -0.2) is 9.59 Å². The molecule has 96 valence electrons. The number of aliphatic imine (C=N–C) groups is 1. The van der Waals surface area contributed by atoms with E-state index in [2.05, 4.69) is 20.9 Å². The van der Waals surface area contributed by atoms with Crippen LogP contribution in [0.3, 0.4) is 0 Å². The van der Waals surface area contributed by atoms with Gasteiger partial charge in [0, 0.05) is 13.1 Å². The molecule has 0 aromatic carbocycles. The van der Waals surface area contributed by atoms with Crippen LogP contribution >= 0.6 is 0 Å². The number of amides is 3. The molecule has 3 N–H and O–H groups in total. The van der Waals surface area contributed by atoms with Crippen LogP contribution < -0.4 is 16.0 Å². The highest BCUT2D eigenvalue weighted by molar-refractivity contribution is 5.77. The molecule has 0 rings (SSSR count). The summed E-state index contributed by atoms with van der Waals surface area (Å²) >= 11 is 0. The van der Waals surface area contributed by atoms with Crippen molar-refractivity contribution in [3.8, 4) is 0 Å². The first-order valence-electron chi connectivity index (χ1n) is 5.10. The maximum absolute atomic E-state index is 11.0. The lowest BCUT2D eigenvalue weighted by molar-refractivity contribution is -0.125. The summed E-state index contributed by atoms with van der Waals surface area (Å²) in [7, 11) is 0. The van der Waals surface area contributed by atoms with Gasteiger partial charge in [0.05, 0.1) is 6.61 Å². The van der Waals surface area contributed by atoms with Crippen molar-refractivity contribution in [1.82, 2.24) is 16.0 Å². The lowest BCUT2D eigenvalue weighted by Crippen LogP contribution is -2.37. The Kier molecular flexibility index (Phi) is 9.40. The number of carbonyl (C=O) groups is 2. The summed E-state index contributed by atoms with van der Waals surface area (Å²) in [5.41, 5.74) is 0. The highest BCUT2D eigenvalue weighted by atomic mass is 16.5. The lowest BCUT2D eigenvalue weighted by atomic mass is 10.6. The van der Waals surface area contributed by atoms with E-state index in [9.17, 15) is 14.4 Å². The number of rotatable bonds is 8. The molecule has 8 heteroatoms. The second-order valence-electron chi connectivity index (χ2n) is 2.85. The Hall–Kier alpha value is -1.92. The SMILES string of the molecule is CCNC(=O)COCCNC(=O)NCN=C=O. The molecule has 0 heterocycles. The lowest BCUT2D eigenvalue weighted by Gasteiger charge is -2.06. The molecule has 0 saturated heterocycles. The first kappa shape index (κ1) is 15.1. The third-order valence-electron chi connectivity index (χ3n) is 1.52. The van der Waals surface area contributed by atoms with Crippen molar-refractivity contribution in [2.75, 3.05) is 33.0 Å². The molecule has 0 fully saturated rings. The van der Waals surface area contributed by atoms with Crippen LogP contribution in [0.2, 0.25) is 0 Å². The number of carbonyl (C=O) groups excluding carboxylic acids is 3. The third-order valence-corrected chi connectivity index (χ3v) is 1.52. The van der Waals surface area contributed by atoms with Gasteiger partial charge in [0.15, 0.2) is 0 Å². The van der Waals surface area contributed by atoms with Crippen molar-refractivity contribution in [3.05, 3.63) is 0 Å². The second kappa shape index (κ2) is 10.6.